The first-order chi connectivity index (χ1) is 8.70. The summed E-state index contributed by atoms with van der Waals surface area (Å²) in [7, 11) is 0. The Morgan fingerprint density at radius 2 is 2.39 bits per heavy atom. The van der Waals surface area contributed by atoms with Crippen LogP contribution in [0.3, 0.4) is 0 Å². The van der Waals surface area contributed by atoms with Gasteiger partial charge in [-0.1, -0.05) is 23.8 Å². The molecule has 2 aromatic rings. The molecule has 0 fully saturated rings. The topological polar surface area (TPSA) is 107 Å². The third-order valence-corrected chi connectivity index (χ3v) is 3.09. The highest BCUT2D eigenvalue weighted by molar-refractivity contribution is 7.99. The number of hydrogen-bond donors (Lipinski definition) is 1. The number of aliphatic carboxylic acids is 1. The highest BCUT2D eigenvalue weighted by Crippen LogP contribution is 2.18. The van der Waals surface area contributed by atoms with Gasteiger partial charge < -0.3 is 9.63 Å². The van der Waals surface area contributed by atoms with Crippen LogP contribution in [0.25, 0.3) is 0 Å². The molecule has 0 aromatic carbocycles. The number of aromatic nitrogens is 5. The van der Waals surface area contributed by atoms with E-state index in [9.17, 15) is 4.79 Å². The number of hydrogen-bond acceptors (Lipinski definition) is 7. The lowest BCUT2D eigenvalue weighted by Crippen LogP contribution is -2.08. The van der Waals surface area contributed by atoms with Crippen molar-refractivity contribution in [1.29, 1.82) is 0 Å². The Hall–Kier alpha value is -1.90. The van der Waals surface area contributed by atoms with E-state index in [-0.39, 0.29) is 5.75 Å². The smallest absolute Gasteiger partial charge is 0.313 e. The molecule has 8 nitrogen and oxygen atoms in total. The first kappa shape index (κ1) is 12.6. The SMILES string of the molecule is CCc1nnc(SCC(=O)O)n1Cc1ncon1. The van der Waals surface area contributed by atoms with E-state index in [0.29, 0.717) is 23.9 Å². The van der Waals surface area contributed by atoms with Gasteiger partial charge in [-0.15, -0.1) is 10.2 Å². The van der Waals surface area contributed by atoms with Crippen LogP contribution in [0.4, 0.5) is 0 Å². The van der Waals surface area contributed by atoms with Crippen molar-refractivity contribution in [3.8, 4) is 0 Å². The lowest BCUT2D eigenvalue weighted by Gasteiger charge is -2.05. The largest absolute Gasteiger partial charge is 0.481 e. The molecule has 0 aliphatic rings. The fourth-order valence-electron chi connectivity index (χ4n) is 1.38. The van der Waals surface area contributed by atoms with Crippen LogP contribution >= 0.6 is 11.8 Å². The second-order valence-electron chi connectivity index (χ2n) is 3.37. The quantitative estimate of drug-likeness (QED) is 0.753. The van der Waals surface area contributed by atoms with Gasteiger partial charge in [0.1, 0.15) is 5.82 Å². The number of carboxylic acid groups (broad SMARTS) is 1. The zero-order chi connectivity index (χ0) is 13.0. The van der Waals surface area contributed by atoms with Crippen LogP contribution in [0.5, 0.6) is 0 Å². The normalized spacial score (nSPS) is 10.7. The molecule has 0 unspecified atom stereocenters. The van der Waals surface area contributed by atoms with Crippen molar-refractivity contribution in [2.75, 3.05) is 5.75 Å². The summed E-state index contributed by atoms with van der Waals surface area (Å²) in [5, 5.41) is 20.9. The van der Waals surface area contributed by atoms with Crippen LogP contribution in [0.15, 0.2) is 16.1 Å². The summed E-state index contributed by atoms with van der Waals surface area (Å²) in [5.74, 6) is 0.301. The zero-order valence-corrected chi connectivity index (χ0v) is 10.4. The third kappa shape index (κ3) is 2.86. The summed E-state index contributed by atoms with van der Waals surface area (Å²) in [6, 6.07) is 0. The molecule has 96 valence electrons. The molecule has 18 heavy (non-hydrogen) atoms. The van der Waals surface area contributed by atoms with Crippen molar-refractivity contribution in [3.63, 3.8) is 0 Å². The zero-order valence-electron chi connectivity index (χ0n) is 9.61. The molecular formula is C9H11N5O3S. The molecule has 0 bridgehead atoms. The summed E-state index contributed by atoms with van der Waals surface area (Å²) in [5.41, 5.74) is 0. The molecule has 1 N–H and O–H groups in total. The van der Waals surface area contributed by atoms with E-state index in [1.54, 1.807) is 4.57 Å². The summed E-state index contributed by atoms with van der Waals surface area (Å²) >= 11 is 1.12. The maximum absolute atomic E-state index is 10.6. The molecule has 0 atom stereocenters. The molecule has 2 aromatic heterocycles. The number of rotatable bonds is 6. The van der Waals surface area contributed by atoms with Gasteiger partial charge in [-0.25, -0.2) is 0 Å². The Morgan fingerprint density at radius 3 is 3.00 bits per heavy atom. The lowest BCUT2D eigenvalue weighted by atomic mass is 10.4. The maximum atomic E-state index is 10.6. The minimum atomic E-state index is -0.896. The average Bonchev–Trinajstić information content (AvgIpc) is 2.97. The van der Waals surface area contributed by atoms with Crippen LogP contribution in [0.2, 0.25) is 0 Å². The van der Waals surface area contributed by atoms with Crippen molar-refractivity contribution >= 4 is 17.7 Å². The van der Waals surface area contributed by atoms with E-state index in [4.69, 9.17) is 5.11 Å². The maximum Gasteiger partial charge on any atom is 0.313 e. The first-order valence-corrected chi connectivity index (χ1v) is 6.21. The summed E-state index contributed by atoms with van der Waals surface area (Å²) < 4.78 is 6.45. The molecule has 2 heterocycles. The number of carbonyl (C=O) groups is 1. The van der Waals surface area contributed by atoms with Crippen molar-refractivity contribution in [2.45, 2.75) is 25.0 Å². The first-order valence-electron chi connectivity index (χ1n) is 5.22. The predicted molar refractivity (Wildman–Crippen MR) is 61.2 cm³/mol. The van der Waals surface area contributed by atoms with Gasteiger partial charge in [0.15, 0.2) is 11.0 Å². The van der Waals surface area contributed by atoms with E-state index < -0.39 is 5.97 Å². The van der Waals surface area contributed by atoms with Crippen LogP contribution in [0, 0.1) is 0 Å². The van der Waals surface area contributed by atoms with E-state index in [2.05, 4.69) is 24.9 Å². The molecule has 0 saturated carbocycles. The van der Waals surface area contributed by atoms with Gasteiger partial charge in [-0.2, -0.15) is 4.98 Å². The number of carboxylic acids is 1. The Kier molecular flexibility index (Phi) is 3.92. The Morgan fingerprint density at radius 1 is 1.56 bits per heavy atom. The van der Waals surface area contributed by atoms with Crippen molar-refractivity contribution in [1.82, 2.24) is 24.9 Å². The molecule has 9 heteroatoms. The summed E-state index contributed by atoms with van der Waals surface area (Å²) in [6.07, 6.45) is 1.94. The molecular weight excluding hydrogens is 258 g/mol. The fraction of sp³-hybridized carbons (Fsp3) is 0.444. The second-order valence-corrected chi connectivity index (χ2v) is 4.31. The minimum Gasteiger partial charge on any atom is -0.481 e. The molecule has 0 saturated heterocycles. The van der Waals surface area contributed by atoms with Gasteiger partial charge in [-0.3, -0.25) is 9.36 Å². The van der Waals surface area contributed by atoms with Crippen molar-refractivity contribution in [2.24, 2.45) is 0 Å². The molecule has 0 amide bonds. The molecule has 2 rings (SSSR count). The number of aryl methyl sites for hydroxylation is 1. The van der Waals surface area contributed by atoms with E-state index in [1.807, 2.05) is 6.92 Å². The van der Waals surface area contributed by atoms with Gasteiger partial charge in [-0.05, 0) is 0 Å². The Balaban J connectivity index is 2.19. The molecule has 0 aliphatic heterocycles. The van der Waals surface area contributed by atoms with E-state index >= 15 is 0 Å². The predicted octanol–water partition coefficient (Wildman–Crippen LogP) is 0.449. The summed E-state index contributed by atoms with van der Waals surface area (Å²) in [4.78, 5) is 14.5. The monoisotopic (exact) mass is 269 g/mol. The van der Waals surface area contributed by atoms with Gasteiger partial charge in [0.25, 0.3) is 0 Å². The fourth-order valence-corrected chi connectivity index (χ4v) is 2.05. The third-order valence-electron chi connectivity index (χ3n) is 2.14. The number of nitrogens with zero attached hydrogens (tertiary/aromatic N) is 5. The highest BCUT2D eigenvalue weighted by atomic mass is 32.2. The molecule has 0 aliphatic carbocycles. The molecule has 0 spiro atoms. The van der Waals surface area contributed by atoms with Gasteiger partial charge in [0.05, 0.1) is 12.3 Å². The minimum absolute atomic E-state index is 0.0614. The van der Waals surface area contributed by atoms with Crippen LogP contribution in [-0.2, 0) is 17.8 Å². The van der Waals surface area contributed by atoms with Crippen LogP contribution in [-0.4, -0.2) is 41.7 Å². The van der Waals surface area contributed by atoms with Crippen LogP contribution in [0.1, 0.15) is 18.6 Å². The van der Waals surface area contributed by atoms with Gasteiger partial charge in [0, 0.05) is 6.42 Å². The van der Waals surface area contributed by atoms with E-state index in [1.165, 1.54) is 6.39 Å². The molecule has 0 radical (unpaired) electrons. The van der Waals surface area contributed by atoms with Crippen molar-refractivity contribution in [3.05, 3.63) is 18.0 Å². The van der Waals surface area contributed by atoms with Gasteiger partial charge in [0.2, 0.25) is 6.39 Å². The second kappa shape index (κ2) is 5.63. The lowest BCUT2D eigenvalue weighted by molar-refractivity contribution is -0.133. The van der Waals surface area contributed by atoms with E-state index in [0.717, 1.165) is 17.6 Å². The average molecular weight is 269 g/mol. The Labute approximate surface area is 106 Å². The number of thioether (sulfide) groups is 1. The van der Waals surface area contributed by atoms with Gasteiger partial charge >= 0.3 is 5.97 Å². The van der Waals surface area contributed by atoms with Crippen molar-refractivity contribution < 1.29 is 14.4 Å². The highest BCUT2D eigenvalue weighted by Gasteiger charge is 2.14. The Bertz CT molecular complexity index is 524. The summed E-state index contributed by atoms with van der Waals surface area (Å²) in [6.45, 7) is 2.32. The standard InChI is InChI=1S/C9H11N5O3S/c1-2-7-11-12-9(18-4-8(15)16)14(7)3-6-10-5-17-13-6/h5H,2-4H2,1H3,(H,15,16). The van der Waals surface area contributed by atoms with Crippen LogP contribution < -0.4 is 0 Å².